The van der Waals surface area contributed by atoms with Crippen LogP contribution in [-0.2, 0) is 0 Å². The molecule has 3 saturated heterocycles. The molecule has 4 rings (SSSR count). The van der Waals surface area contributed by atoms with Gasteiger partial charge in [0.15, 0.2) is 0 Å². The molecule has 23 heavy (non-hydrogen) atoms. The van der Waals surface area contributed by atoms with Crippen LogP contribution in [0.15, 0.2) is 18.2 Å². The van der Waals surface area contributed by atoms with Gasteiger partial charge in [-0.1, -0.05) is 13.0 Å². The molecule has 4 nitrogen and oxygen atoms in total. The Balaban J connectivity index is 1.58. The van der Waals surface area contributed by atoms with E-state index in [1.54, 1.807) is 0 Å². The van der Waals surface area contributed by atoms with Gasteiger partial charge in [-0.25, -0.2) is 13.6 Å². The van der Waals surface area contributed by atoms with Gasteiger partial charge in [0.05, 0.1) is 0 Å². The van der Waals surface area contributed by atoms with Gasteiger partial charge in [-0.15, -0.1) is 0 Å². The van der Waals surface area contributed by atoms with Gasteiger partial charge in [-0.2, -0.15) is 0 Å². The molecule has 1 N–H and O–H groups in total. The summed E-state index contributed by atoms with van der Waals surface area (Å²) in [6, 6.07) is 3.82. The van der Waals surface area contributed by atoms with Crippen molar-refractivity contribution in [2.75, 3.05) is 32.7 Å². The molecule has 3 aliphatic heterocycles. The highest BCUT2D eigenvalue weighted by molar-refractivity contribution is 5.74. The van der Waals surface area contributed by atoms with Crippen molar-refractivity contribution in [3.05, 3.63) is 35.4 Å². The Hall–Kier alpha value is -1.69. The Morgan fingerprint density at radius 2 is 2.00 bits per heavy atom. The molecule has 3 fully saturated rings. The number of carbonyl (C=O) groups is 1. The molecule has 126 valence electrons. The number of urea groups is 1. The molecule has 1 aromatic carbocycles. The predicted molar refractivity (Wildman–Crippen MR) is 84.3 cm³/mol. The van der Waals surface area contributed by atoms with Gasteiger partial charge < -0.3 is 15.1 Å². The van der Waals surface area contributed by atoms with Crippen molar-refractivity contribution in [2.45, 2.75) is 31.7 Å². The number of nitrogens with zero attached hydrogens (tertiary/aromatic N) is 2. The fourth-order valence-electron chi connectivity index (χ4n) is 3.51. The zero-order valence-electron chi connectivity index (χ0n) is 13.4. The van der Waals surface area contributed by atoms with E-state index < -0.39 is 11.6 Å². The van der Waals surface area contributed by atoms with E-state index in [9.17, 15) is 13.6 Å². The van der Waals surface area contributed by atoms with Crippen molar-refractivity contribution in [2.24, 2.45) is 0 Å². The maximum absolute atomic E-state index is 13.8. The third kappa shape index (κ3) is 3.63. The summed E-state index contributed by atoms with van der Waals surface area (Å²) in [5, 5.41) is 2.91. The summed E-state index contributed by atoms with van der Waals surface area (Å²) in [7, 11) is 0. The van der Waals surface area contributed by atoms with E-state index in [4.69, 9.17) is 0 Å². The maximum atomic E-state index is 13.8. The molecule has 3 heterocycles. The highest BCUT2D eigenvalue weighted by Gasteiger charge is 2.31. The smallest absolute Gasteiger partial charge is 0.317 e. The molecule has 0 saturated carbocycles. The first-order valence-corrected chi connectivity index (χ1v) is 8.26. The lowest BCUT2D eigenvalue weighted by Gasteiger charge is -2.31. The number of hydrogen-bond donors (Lipinski definition) is 1. The monoisotopic (exact) mass is 323 g/mol. The van der Waals surface area contributed by atoms with Crippen LogP contribution >= 0.6 is 0 Å². The number of carbonyl (C=O) groups excluding carboxylic acids is 1. The number of halogens is 2. The molecule has 2 bridgehead atoms. The summed E-state index contributed by atoms with van der Waals surface area (Å²) in [6.45, 7) is 5.96. The van der Waals surface area contributed by atoms with Gasteiger partial charge in [0, 0.05) is 50.7 Å². The summed E-state index contributed by atoms with van der Waals surface area (Å²) < 4.78 is 26.8. The number of hydrogen-bond acceptors (Lipinski definition) is 2. The second-order valence-electron chi connectivity index (χ2n) is 6.52. The minimum atomic E-state index is -0.585. The second-order valence-corrected chi connectivity index (χ2v) is 6.52. The molecule has 2 amide bonds. The van der Waals surface area contributed by atoms with Crippen molar-refractivity contribution in [1.29, 1.82) is 0 Å². The van der Waals surface area contributed by atoms with Gasteiger partial charge in [-0.3, -0.25) is 0 Å². The highest BCUT2D eigenvalue weighted by atomic mass is 19.1. The van der Waals surface area contributed by atoms with Gasteiger partial charge in [-0.05, 0) is 24.5 Å². The zero-order valence-corrected chi connectivity index (χ0v) is 13.4. The van der Waals surface area contributed by atoms with Crippen LogP contribution in [0.3, 0.4) is 0 Å². The molecular formula is C17H23F2N3O. The minimum Gasteiger partial charge on any atom is -0.337 e. The maximum Gasteiger partial charge on any atom is 0.317 e. The molecular weight excluding hydrogens is 300 g/mol. The van der Waals surface area contributed by atoms with Gasteiger partial charge in [0.25, 0.3) is 0 Å². The Morgan fingerprint density at radius 3 is 2.70 bits per heavy atom. The van der Waals surface area contributed by atoms with Crippen LogP contribution < -0.4 is 5.32 Å². The number of nitrogens with one attached hydrogen (secondary N) is 1. The van der Waals surface area contributed by atoms with E-state index in [0.29, 0.717) is 18.2 Å². The molecule has 6 heteroatoms. The number of amides is 2. The summed E-state index contributed by atoms with van der Waals surface area (Å²) in [4.78, 5) is 16.8. The molecule has 0 radical (unpaired) electrons. The summed E-state index contributed by atoms with van der Waals surface area (Å²) in [5.74, 6) is -1.35. The summed E-state index contributed by atoms with van der Waals surface area (Å²) in [5.41, 5.74) is 0.426. The van der Waals surface area contributed by atoms with Crippen LogP contribution in [0.4, 0.5) is 13.6 Å². The van der Waals surface area contributed by atoms with E-state index >= 15 is 0 Å². The lowest BCUT2D eigenvalue weighted by molar-refractivity contribution is 0.170. The molecule has 3 aliphatic rings. The largest absolute Gasteiger partial charge is 0.337 e. The lowest BCUT2D eigenvalue weighted by atomic mass is 10.0. The van der Waals surface area contributed by atoms with E-state index in [2.05, 4.69) is 10.2 Å². The van der Waals surface area contributed by atoms with Crippen molar-refractivity contribution in [3.8, 4) is 0 Å². The van der Waals surface area contributed by atoms with Crippen LogP contribution in [0.1, 0.15) is 31.2 Å². The Bertz CT molecular complexity index is 573. The summed E-state index contributed by atoms with van der Waals surface area (Å²) in [6.07, 6.45) is 2.05. The van der Waals surface area contributed by atoms with Crippen LogP contribution in [0.2, 0.25) is 0 Å². The molecule has 1 unspecified atom stereocenters. The average molecular weight is 323 g/mol. The predicted octanol–water partition coefficient (Wildman–Crippen LogP) is 2.56. The third-order valence-electron chi connectivity index (χ3n) is 4.97. The molecule has 1 atom stereocenters. The van der Waals surface area contributed by atoms with Crippen LogP contribution in [-0.4, -0.2) is 54.6 Å². The molecule has 0 aliphatic carbocycles. The van der Waals surface area contributed by atoms with Gasteiger partial charge in [0.2, 0.25) is 0 Å². The number of benzene rings is 1. The quantitative estimate of drug-likeness (QED) is 0.928. The Labute approximate surface area is 135 Å². The van der Waals surface area contributed by atoms with Crippen molar-refractivity contribution in [3.63, 3.8) is 0 Å². The van der Waals surface area contributed by atoms with Gasteiger partial charge in [0.1, 0.15) is 11.6 Å². The van der Waals surface area contributed by atoms with Crippen molar-refractivity contribution < 1.29 is 13.6 Å². The number of rotatable bonds is 3. The Morgan fingerprint density at radius 1 is 1.26 bits per heavy atom. The normalized spacial score (nSPS) is 25.1. The van der Waals surface area contributed by atoms with Crippen molar-refractivity contribution in [1.82, 2.24) is 15.1 Å². The molecule has 1 aromatic rings. The van der Waals surface area contributed by atoms with Gasteiger partial charge >= 0.3 is 6.03 Å². The first-order chi connectivity index (χ1) is 11.0. The lowest BCUT2D eigenvalue weighted by Crippen LogP contribution is -2.47. The van der Waals surface area contributed by atoms with Crippen LogP contribution in [0.25, 0.3) is 0 Å². The second kappa shape index (κ2) is 6.83. The average Bonchev–Trinajstić information content (AvgIpc) is 2.86. The first-order valence-electron chi connectivity index (χ1n) is 8.26. The van der Waals surface area contributed by atoms with Crippen molar-refractivity contribution >= 4 is 6.03 Å². The van der Waals surface area contributed by atoms with Crippen LogP contribution in [0.5, 0.6) is 0 Å². The van der Waals surface area contributed by atoms with E-state index in [0.717, 1.165) is 45.1 Å². The standard InChI is InChI=1S/C17H23F2N3O/c1-12(15-3-2-13(18)10-16(15)19)11-20-17(23)22-9-8-21-6-4-14(22)5-7-21/h2-3,10,12,14H,4-9,11H2,1H3,(H,20,23). The first kappa shape index (κ1) is 16.2. The van der Waals surface area contributed by atoms with E-state index in [-0.39, 0.29) is 11.9 Å². The summed E-state index contributed by atoms with van der Waals surface area (Å²) >= 11 is 0. The fourth-order valence-corrected chi connectivity index (χ4v) is 3.51. The SMILES string of the molecule is CC(CNC(=O)N1CCN2CCC1CC2)c1ccc(F)cc1F. The molecule has 0 spiro atoms. The van der Waals surface area contributed by atoms with E-state index in [1.165, 1.54) is 12.1 Å². The minimum absolute atomic E-state index is 0.0758. The molecule has 0 aromatic heterocycles. The third-order valence-corrected chi connectivity index (χ3v) is 4.97. The Kier molecular flexibility index (Phi) is 4.80. The number of piperidine rings is 1. The topological polar surface area (TPSA) is 35.6 Å². The highest BCUT2D eigenvalue weighted by Crippen LogP contribution is 2.22. The van der Waals surface area contributed by atoms with Crippen LogP contribution in [0, 0.1) is 11.6 Å². The zero-order chi connectivity index (χ0) is 16.4. The van der Waals surface area contributed by atoms with E-state index in [1.807, 2.05) is 11.8 Å². The fraction of sp³-hybridized carbons (Fsp3) is 0.588. The number of fused-ring (bicyclic) bond motifs is 4.